The van der Waals surface area contributed by atoms with Crippen LogP contribution in [0.3, 0.4) is 0 Å². The van der Waals surface area contributed by atoms with E-state index in [1.807, 2.05) is 6.92 Å². The van der Waals surface area contributed by atoms with Crippen molar-refractivity contribution in [2.24, 2.45) is 0 Å². The molecular formula is C23H15BrCl2N2O4S. The molecule has 0 spiro atoms. The van der Waals surface area contributed by atoms with Gasteiger partial charge in [0.2, 0.25) is 0 Å². The molecule has 0 bridgehead atoms. The van der Waals surface area contributed by atoms with Crippen LogP contribution in [-0.2, 0) is 14.9 Å². The first-order valence-corrected chi connectivity index (χ1v) is 12.2. The van der Waals surface area contributed by atoms with Crippen molar-refractivity contribution < 1.29 is 17.4 Å². The number of carbonyl (C=O) groups excluding carboxylic acids is 1. The third kappa shape index (κ3) is 6.15. The maximum Gasteiger partial charge on any atom is 0.339 e. The van der Waals surface area contributed by atoms with Crippen molar-refractivity contribution in [2.75, 3.05) is 5.32 Å². The SMILES string of the molecule is Cc1ccc(S(=O)(=O)Oc2ccc(Br)cc2/C=C(\C#N)C(=O)Nc2cccc(Cl)c2Cl)cc1. The zero-order chi connectivity index (χ0) is 24.2. The second-order valence-electron chi connectivity index (χ2n) is 6.76. The number of hydrogen-bond acceptors (Lipinski definition) is 5. The van der Waals surface area contributed by atoms with Gasteiger partial charge in [-0.2, -0.15) is 13.7 Å². The van der Waals surface area contributed by atoms with Crippen molar-refractivity contribution in [3.63, 3.8) is 0 Å². The topological polar surface area (TPSA) is 96.3 Å². The van der Waals surface area contributed by atoms with Gasteiger partial charge in [0.15, 0.2) is 0 Å². The zero-order valence-electron chi connectivity index (χ0n) is 17.0. The normalized spacial score (nSPS) is 11.5. The Bertz CT molecular complexity index is 1400. The van der Waals surface area contributed by atoms with Crippen LogP contribution in [0.1, 0.15) is 11.1 Å². The van der Waals surface area contributed by atoms with Crippen LogP contribution < -0.4 is 9.50 Å². The number of hydrogen-bond donors (Lipinski definition) is 1. The quantitative estimate of drug-likeness (QED) is 0.212. The van der Waals surface area contributed by atoms with Crippen molar-refractivity contribution >= 4 is 66.9 Å². The first-order valence-electron chi connectivity index (χ1n) is 9.28. The van der Waals surface area contributed by atoms with E-state index in [1.165, 1.54) is 36.4 Å². The van der Waals surface area contributed by atoms with Gasteiger partial charge in [0, 0.05) is 10.0 Å². The highest BCUT2D eigenvalue weighted by Crippen LogP contribution is 2.31. The van der Waals surface area contributed by atoms with E-state index in [0.29, 0.717) is 4.47 Å². The molecule has 0 saturated heterocycles. The summed E-state index contributed by atoms with van der Waals surface area (Å²) in [5, 5.41) is 12.4. The molecule has 0 aliphatic rings. The van der Waals surface area contributed by atoms with Crippen LogP contribution in [-0.4, -0.2) is 14.3 Å². The van der Waals surface area contributed by atoms with Crippen molar-refractivity contribution in [3.05, 3.63) is 91.9 Å². The Kier molecular flexibility index (Phi) is 7.82. The average molecular weight is 566 g/mol. The molecule has 6 nitrogen and oxygen atoms in total. The fourth-order valence-corrected chi connectivity index (χ4v) is 4.35. The lowest BCUT2D eigenvalue weighted by Gasteiger charge is -2.11. The highest BCUT2D eigenvalue weighted by Gasteiger charge is 2.20. The Labute approximate surface area is 209 Å². The van der Waals surface area contributed by atoms with Crippen molar-refractivity contribution in [1.29, 1.82) is 5.26 Å². The van der Waals surface area contributed by atoms with Gasteiger partial charge in [-0.25, -0.2) is 0 Å². The van der Waals surface area contributed by atoms with Crippen molar-refractivity contribution in [2.45, 2.75) is 11.8 Å². The number of rotatable bonds is 6. The lowest BCUT2D eigenvalue weighted by Crippen LogP contribution is -2.14. The number of anilines is 1. The second kappa shape index (κ2) is 10.4. The van der Waals surface area contributed by atoms with Gasteiger partial charge in [0.25, 0.3) is 5.91 Å². The summed E-state index contributed by atoms with van der Waals surface area (Å²) in [5.74, 6) is -0.811. The summed E-state index contributed by atoms with van der Waals surface area (Å²) in [6, 6.07) is 17.2. The monoisotopic (exact) mass is 564 g/mol. The smallest absolute Gasteiger partial charge is 0.339 e. The zero-order valence-corrected chi connectivity index (χ0v) is 20.9. The fourth-order valence-electron chi connectivity index (χ4n) is 2.67. The minimum Gasteiger partial charge on any atom is -0.378 e. The van der Waals surface area contributed by atoms with Gasteiger partial charge in [0.05, 0.1) is 15.7 Å². The van der Waals surface area contributed by atoms with Gasteiger partial charge in [-0.15, -0.1) is 0 Å². The van der Waals surface area contributed by atoms with Crippen LogP contribution in [0.25, 0.3) is 6.08 Å². The molecular weight excluding hydrogens is 551 g/mol. The molecule has 3 aromatic rings. The number of nitrogens with one attached hydrogen (secondary N) is 1. The molecule has 0 heterocycles. The summed E-state index contributed by atoms with van der Waals surface area (Å²) in [6.07, 6.45) is 1.22. The third-order valence-corrected chi connectivity index (χ3v) is 6.91. The van der Waals surface area contributed by atoms with E-state index in [1.54, 1.807) is 36.4 Å². The molecule has 3 aromatic carbocycles. The van der Waals surface area contributed by atoms with Crippen molar-refractivity contribution in [1.82, 2.24) is 0 Å². The Morgan fingerprint density at radius 1 is 1.12 bits per heavy atom. The molecule has 168 valence electrons. The predicted octanol–water partition coefficient (Wildman–Crippen LogP) is 6.38. The summed E-state index contributed by atoms with van der Waals surface area (Å²) in [6.45, 7) is 1.83. The highest BCUT2D eigenvalue weighted by molar-refractivity contribution is 9.10. The molecule has 0 unspecified atom stereocenters. The summed E-state index contributed by atoms with van der Waals surface area (Å²) < 4.78 is 31.4. The van der Waals surface area contributed by atoms with E-state index in [9.17, 15) is 18.5 Å². The number of nitriles is 1. The van der Waals surface area contributed by atoms with E-state index in [0.717, 1.165) is 5.56 Å². The van der Waals surface area contributed by atoms with E-state index >= 15 is 0 Å². The molecule has 0 atom stereocenters. The third-order valence-electron chi connectivity index (χ3n) is 4.35. The Morgan fingerprint density at radius 2 is 1.82 bits per heavy atom. The Morgan fingerprint density at radius 3 is 2.48 bits per heavy atom. The molecule has 0 aliphatic carbocycles. The molecule has 3 rings (SSSR count). The molecule has 0 aliphatic heterocycles. The number of amides is 1. The number of nitrogens with zero attached hydrogens (tertiary/aromatic N) is 1. The molecule has 0 saturated carbocycles. The van der Waals surface area contributed by atoms with Crippen LogP contribution in [0.4, 0.5) is 5.69 Å². The molecule has 0 aromatic heterocycles. The Balaban J connectivity index is 1.95. The molecule has 33 heavy (non-hydrogen) atoms. The number of halogens is 3. The molecule has 1 N–H and O–H groups in total. The lowest BCUT2D eigenvalue weighted by molar-refractivity contribution is -0.112. The number of aryl methyl sites for hydroxylation is 1. The average Bonchev–Trinajstić information content (AvgIpc) is 2.77. The number of benzene rings is 3. The summed E-state index contributed by atoms with van der Waals surface area (Å²) >= 11 is 15.3. The number of carbonyl (C=O) groups is 1. The van der Waals surface area contributed by atoms with E-state index < -0.39 is 16.0 Å². The van der Waals surface area contributed by atoms with Crippen LogP contribution >= 0.6 is 39.1 Å². The first kappa shape index (κ1) is 24.8. The Hall–Kier alpha value is -2.83. The summed E-state index contributed by atoms with van der Waals surface area (Å²) in [7, 11) is -4.15. The summed E-state index contributed by atoms with van der Waals surface area (Å²) in [4.78, 5) is 12.6. The fraction of sp³-hybridized carbons (Fsp3) is 0.0435. The summed E-state index contributed by atoms with van der Waals surface area (Å²) in [5.41, 5.74) is 1.01. The first-order chi connectivity index (χ1) is 15.6. The molecule has 0 fully saturated rings. The largest absolute Gasteiger partial charge is 0.378 e. The highest BCUT2D eigenvalue weighted by atomic mass is 79.9. The van der Waals surface area contributed by atoms with Gasteiger partial charge in [-0.05, 0) is 55.5 Å². The lowest BCUT2D eigenvalue weighted by atomic mass is 10.1. The van der Waals surface area contributed by atoms with Crippen LogP contribution in [0.2, 0.25) is 10.0 Å². The van der Waals surface area contributed by atoms with Gasteiger partial charge in [-0.1, -0.05) is 62.9 Å². The van der Waals surface area contributed by atoms with E-state index in [2.05, 4.69) is 21.2 Å². The van der Waals surface area contributed by atoms with Gasteiger partial charge in [-0.3, -0.25) is 4.79 Å². The van der Waals surface area contributed by atoms with Crippen LogP contribution in [0.5, 0.6) is 5.75 Å². The van der Waals surface area contributed by atoms with Gasteiger partial charge in [0.1, 0.15) is 22.3 Å². The van der Waals surface area contributed by atoms with Gasteiger partial charge >= 0.3 is 10.1 Å². The standard InChI is InChI=1S/C23H15BrCl2N2O4S/c1-14-5-8-18(9-6-14)33(30,31)32-21-10-7-17(24)12-15(21)11-16(13-27)23(29)28-20-4-2-3-19(25)22(20)26/h2-12H,1H3,(H,28,29)/b16-11+. The molecule has 1 amide bonds. The van der Waals surface area contributed by atoms with Crippen molar-refractivity contribution in [3.8, 4) is 11.8 Å². The van der Waals surface area contributed by atoms with E-state index in [-0.39, 0.29) is 37.5 Å². The van der Waals surface area contributed by atoms with Crippen LogP contribution in [0, 0.1) is 18.3 Å². The maximum absolute atomic E-state index is 12.7. The van der Waals surface area contributed by atoms with Crippen LogP contribution in [0.15, 0.2) is 75.6 Å². The molecule has 0 radical (unpaired) electrons. The molecule has 10 heteroatoms. The maximum atomic E-state index is 12.7. The second-order valence-corrected chi connectivity index (χ2v) is 10.0. The minimum absolute atomic E-state index is 0.0280. The van der Waals surface area contributed by atoms with Gasteiger partial charge < -0.3 is 9.50 Å². The minimum atomic E-state index is -4.15. The van der Waals surface area contributed by atoms with E-state index in [4.69, 9.17) is 27.4 Å². The predicted molar refractivity (Wildman–Crippen MR) is 132 cm³/mol.